The molecule has 3 aromatic rings. The van der Waals surface area contributed by atoms with Crippen molar-refractivity contribution in [3.05, 3.63) is 75.9 Å². The minimum Gasteiger partial charge on any atom is -0.462 e. The van der Waals surface area contributed by atoms with Gasteiger partial charge in [0.15, 0.2) is 0 Å². The molecule has 0 saturated carbocycles. The van der Waals surface area contributed by atoms with E-state index in [0.29, 0.717) is 38.7 Å². The summed E-state index contributed by atoms with van der Waals surface area (Å²) >= 11 is 6.18. The maximum atomic E-state index is 12.9. The van der Waals surface area contributed by atoms with Crippen molar-refractivity contribution in [2.75, 3.05) is 11.9 Å². The Bertz CT molecular complexity index is 1160. The van der Waals surface area contributed by atoms with E-state index in [9.17, 15) is 9.59 Å². The highest BCUT2D eigenvalue weighted by Crippen LogP contribution is 2.31. The highest BCUT2D eigenvalue weighted by Gasteiger charge is 2.21. The number of halogens is 1. The molecule has 6 nitrogen and oxygen atoms in total. The number of nitrogens with zero attached hydrogens (tertiary/aromatic N) is 2. The van der Waals surface area contributed by atoms with E-state index in [1.54, 1.807) is 55.5 Å². The second kappa shape index (κ2) is 11.2. The van der Waals surface area contributed by atoms with Crippen LogP contribution in [-0.4, -0.2) is 23.1 Å². The molecule has 0 spiro atoms. The molecular formula is C25H26ClN3O3. The molecule has 2 aromatic carbocycles. The predicted molar refractivity (Wildman–Crippen MR) is 127 cm³/mol. The van der Waals surface area contributed by atoms with Crippen LogP contribution >= 0.6 is 11.6 Å². The zero-order valence-electron chi connectivity index (χ0n) is 18.8. The van der Waals surface area contributed by atoms with E-state index >= 15 is 0 Å². The van der Waals surface area contributed by atoms with Crippen LogP contribution in [0, 0.1) is 18.3 Å². The molecular weight excluding hydrogens is 426 g/mol. The van der Waals surface area contributed by atoms with Crippen molar-refractivity contribution in [3.8, 4) is 17.3 Å². The summed E-state index contributed by atoms with van der Waals surface area (Å²) in [4.78, 5) is 25.3. The Labute approximate surface area is 193 Å². The fourth-order valence-electron chi connectivity index (χ4n) is 3.13. The number of rotatable bonds is 5. The summed E-state index contributed by atoms with van der Waals surface area (Å²) in [6, 6.07) is 15.3. The number of carbonyl (C=O) groups is 2. The topological polar surface area (TPSA) is 84.1 Å². The summed E-state index contributed by atoms with van der Waals surface area (Å²) < 4.78 is 6.99. The molecule has 0 saturated heterocycles. The van der Waals surface area contributed by atoms with Crippen LogP contribution in [0.4, 0.5) is 5.69 Å². The highest BCUT2D eigenvalue weighted by molar-refractivity contribution is 6.31. The minimum atomic E-state index is -0.452. The molecule has 1 N–H and O–H groups in total. The van der Waals surface area contributed by atoms with Crippen LogP contribution < -0.4 is 5.32 Å². The monoisotopic (exact) mass is 451 g/mol. The number of nitrogens with one attached hydrogen (secondary N) is 1. The third-order valence-electron chi connectivity index (χ3n) is 4.80. The van der Waals surface area contributed by atoms with E-state index in [0.717, 1.165) is 5.69 Å². The molecule has 166 valence electrons. The smallest absolute Gasteiger partial charge is 0.338 e. The van der Waals surface area contributed by atoms with Gasteiger partial charge in [0.1, 0.15) is 0 Å². The molecule has 0 unspecified atom stereocenters. The highest BCUT2D eigenvalue weighted by atomic mass is 35.5. The van der Waals surface area contributed by atoms with E-state index in [2.05, 4.69) is 5.32 Å². The Kier molecular flexibility index (Phi) is 8.62. The number of amides is 1. The van der Waals surface area contributed by atoms with Gasteiger partial charge >= 0.3 is 5.97 Å². The molecule has 32 heavy (non-hydrogen) atoms. The van der Waals surface area contributed by atoms with E-state index in [4.69, 9.17) is 21.6 Å². The lowest BCUT2D eigenvalue weighted by atomic mass is 10.0. The molecule has 0 atom stereocenters. The number of nitriles is 1. The second-order valence-corrected chi connectivity index (χ2v) is 7.08. The van der Waals surface area contributed by atoms with E-state index in [-0.39, 0.29) is 12.5 Å². The van der Waals surface area contributed by atoms with Crippen molar-refractivity contribution in [1.29, 1.82) is 5.26 Å². The number of hydrogen-bond donors (Lipinski definition) is 1. The zero-order valence-corrected chi connectivity index (χ0v) is 19.6. The van der Waals surface area contributed by atoms with Crippen LogP contribution in [-0.2, 0) is 11.8 Å². The lowest BCUT2D eigenvalue weighted by Gasteiger charge is -2.11. The molecule has 0 aliphatic heterocycles. The average molecular weight is 452 g/mol. The normalized spacial score (nSPS) is 9.91. The molecule has 1 aromatic heterocycles. The molecule has 1 heterocycles. The van der Waals surface area contributed by atoms with Gasteiger partial charge in [-0.15, -0.1) is 0 Å². The first kappa shape index (κ1) is 24.7. The van der Waals surface area contributed by atoms with Gasteiger partial charge < -0.3 is 14.6 Å². The number of ether oxygens (including phenoxy) is 1. The largest absolute Gasteiger partial charge is 0.462 e. The fourth-order valence-corrected chi connectivity index (χ4v) is 3.30. The molecule has 1 amide bonds. The number of carbonyl (C=O) groups excluding carboxylic acids is 2. The summed E-state index contributed by atoms with van der Waals surface area (Å²) in [5, 5.41) is 12.2. The zero-order chi connectivity index (χ0) is 23.8. The first-order valence-corrected chi connectivity index (χ1v) is 10.7. The summed E-state index contributed by atoms with van der Waals surface area (Å²) in [6.45, 7) is 7.82. The molecule has 0 bridgehead atoms. The van der Waals surface area contributed by atoms with E-state index < -0.39 is 5.97 Å². The van der Waals surface area contributed by atoms with Gasteiger partial charge in [-0.25, -0.2) is 4.79 Å². The first-order chi connectivity index (χ1) is 15.3. The standard InChI is InChI=1S/C23H20ClN3O3.C2H6/c1-4-30-23(29)18-10-7-16(24)11-20(18)21-12-19(14(2)27(21)3)22(28)26-17-8-5-15(13-25)6-9-17;1-2/h5-12H,4H2,1-3H3,(H,26,28);1-2H3. The van der Waals surface area contributed by atoms with Crippen LogP contribution in [0.3, 0.4) is 0 Å². The van der Waals surface area contributed by atoms with Crippen molar-refractivity contribution >= 4 is 29.2 Å². The van der Waals surface area contributed by atoms with Crippen LogP contribution in [0.15, 0.2) is 48.5 Å². The fraction of sp³-hybridized carbons (Fsp3) is 0.240. The lowest BCUT2D eigenvalue weighted by molar-refractivity contribution is 0.0527. The van der Waals surface area contributed by atoms with Crippen LogP contribution in [0.5, 0.6) is 0 Å². The molecule has 0 fully saturated rings. The van der Waals surface area contributed by atoms with Crippen molar-refractivity contribution in [2.24, 2.45) is 7.05 Å². The summed E-state index contributed by atoms with van der Waals surface area (Å²) in [6.07, 6.45) is 0. The summed E-state index contributed by atoms with van der Waals surface area (Å²) in [5.41, 5.74) is 3.92. The Balaban J connectivity index is 0.00000176. The van der Waals surface area contributed by atoms with Gasteiger partial charge in [-0.05, 0) is 62.4 Å². The van der Waals surface area contributed by atoms with Gasteiger partial charge in [0.2, 0.25) is 0 Å². The van der Waals surface area contributed by atoms with Crippen LogP contribution in [0.25, 0.3) is 11.3 Å². The van der Waals surface area contributed by atoms with Crippen molar-refractivity contribution in [2.45, 2.75) is 27.7 Å². The van der Waals surface area contributed by atoms with Crippen LogP contribution in [0.1, 0.15) is 52.7 Å². The summed E-state index contributed by atoms with van der Waals surface area (Å²) in [7, 11) is 1.82. The Morgan fingerprint density at radius 3 is 2.34 bits per heavy atom. The molecule has 7 heteroatoms. The quantitative estimate of drug-likeness (QED) is 0.483. The van der Waals surface area contributed by atoms with Crippen molar-refractivity contribution in [1.82, 2.24) is 4.57 Å². The van der Waals surface area contributed by atoms with Gasteiger partial charge in [-0.2, -0.15) is 5.26 Å². The number of esters is 1. The number of anilines is 1. The first-order valence-electron chi connectivity index (χ1n) is 10.3. The van der Waals surface area contributed by atoms with E-state index in [1.807, 2.05) is 38.5 Å². The average Bonchev–Trinajstić information content (AvgIpc) is 3.10. The van der Waals surface area contributed by atoms with E-state index in [1.165, 1.54) is 0 Å². The Morgan fingerprint density at radius 2 is 1.75 bits per heavy atom. The van der Waals surface area contributed by atoms with Crippen molar-refractivity contribution in [3.63, 3.8) is 0 Å². The Morgan fingerprint density at radius 1 is 1.09 bits per heavy atom. The van der Waals surface area contributed by atoms with Gasteiger partial charge in [0, 0.05) is 34.7 Å². The van der Waals surface area contributed by atoms with Gasteiger partial charge in [-0.1, -0.05) is 25.4 Å². The SMILES string of the molecule is CC.CCOC(=O)c1ccc(Cl)cc1-c1cc(C(=O)Nc2ccc(C#N)cc2)c(C)n1C. The molecule has 0 aliphatic carbocycles. The van der Waals surface area contributed by atoms with Gasteiger partial charge in [0.25, 0.3) is 5.91 Å². The maximum absolute atomic E-state index is 12.9. The molecule has 0 radical (unpaired) electrons. The number of benzene rings is 2. The minimum absolute atomic E-state index is 0.255. The lowest BCUT2D eigenvalue weighted by Crippen LogP contribution is -2.12. The number of hydrogen-bond acceptors (Lipinski definition) is 4. The second-order valence-electron chi connectivity index (χ2n) is 6.64. The maximum Gasteiger partial charge on any atom is 0.338 e. The van der Waals surface area contributed by atoms with Crippen LogP contribution in [0.2, 0.25) is 5.02 Å². The van der Waals surface area contributed by atoms with Gasteiger partial charge in [-0.3, -0.25) is 4.79 Å². The molecule has 3 rings (SSSR count). The molecule has 0 aliphatic rings. The predicted octanol–water partition coefficient (Wildman–Crippen LogP) is 5.98. The Hall–Kier alpha value is -3.56. The van der Waals surface area contributed by atoms with Gasteiger partial charge in [0.05, 0.1) is 29.4 Å². The van der Waals surface area contributed by atoms with Crippen molar-refractivity contribution < 1.29 is 14.3 Å². The third kappa shape index (κ3) is 5.37. The summed E-state index contributed by atoms with van der Waals surface area (Å²) in [5.74, 6) is -0.745. The third-order valence-corrected chi connectivity index (χ3v) is 5.04. The number of aromatic nitrogens is 1.